The minimum Gasteiger partial charge on any atom is -0.508 e. The summed E-state index contributed by atoms with van der Waals surface area (Å²) in [6.45, 7) is 3.93. The number of aromatic hydroxyl groups is 1. The van der Waals surface area contributed by atoms with Crippen molar-refractivity contribution in [3.8, 4) is 23.0 Å². The molecule has 0 unspecified atom stereocenters. The fourth-order valence-electron chi connectivity index (χ4n) is 2.76. The largest absolute Gasteiger partial charge is 0.508 e. The summed E-state index contributed by atoms with van der Waals surface area (Å²) < 4.78 is 16.8. The monoisotopic (exact) mass is 373 g/mol. The van der Waals surface area contributed by atoms with E-state index in [0.717, 1.165) is 0 Å². The third-order valence-electron chi connectivity index (χ3n) is 3.78. The summed E-state index contributed by atoms with van der Waals surface area (Å²) in [6.07, 6.45) is 1.31. The van der Waals surface area contributed by atoms with Gasteiger partial charge in [-0.15, -0.1) is 0 Å². The lowest BCUT2D eigenvalue weighted by molar-refractivity contribution is 0.174. The number of nitrogens with zero attached hydrogens (tertiary/aromatic N) is 2. The van der Waals surface area contributed by atoms with Crippen LogP contribution < -0.4 is 19.5 Å². The minimum absolute atomic E-state index is 0.0631. The first-order chi connectivity index (χ1) is 12.5. The SMILES string of the molecule is CC(C)Oc1cc(O)cc2ncnc(Nc3c(Cl)ccc4c3OCO4)c12. The zero-order valence-electron chi connectivity index (χ0n) is 14.1. The second-order valence-corrected chi connectivity index (χ2v) is 6.42. The number of fused-ring (bicyclic) bond motifs is 2. The predicted molar refractivity (Wildman–Crippen MR) is 97.8 cm³/mol. The van der Waals surface area contributed by atoms with E-state index in [1.807, 2.05) is 13.8 Å². The molecule has 8 heteroatoms. The van der Waals surface area contributed by atoms with E-state index in [1.54, 1.807) is 18.2 Å². The highest BCUT2D eigenvalue weighted by molar-refractivity contribution is 6.34. The Kier molecular flexibility index (Phi) is 4.08. The molecule has 0 saturated heterocycles. The van der Waals surface area contributed by atoms with Crippen LogP contribution >= 0.6 is 11.6 Å². The highest BCUT2D eigenvalue weighted by atomic mass is 35.5. The Balaban J connectivity index is 1.87. The van der Waals surface area contributed by atoms with E-state index in [1.165, 1.54) is 12.4 Å². The van der Waals surface area contributed by atoms with Gasteiger partial charge in [-0.1, -0.05) is 11.6 Å². The van der Waals surface area contributed by atoms with Crippen molar-refractivity contribution in [1.29, 1.82) is 0 Å². The van der Waals surface area contributed by atoms with Crippen LogP contribution in [0.25, 0.3) is 10.9 Å². The third kappa shape index (κ3) is 2.90. The van der Waals surface area contributed by atoms with Gasteiger partial charge in [0, 0.05) is 12.1 Å². The number of anilines is 2. The fourth-order valence-corrected chi connectivity index (χ4v) is 2.96. The first kappa shape index (κ1) is 16.5. The molecule has 7 nitrogen and oxygen atoms in total. The molecule has 2 heterocycles. The number of halogens is 1. The summed E-state index contributed by atoms with van der Waals surface area (Å²) in [7, 11) is 0. The molecule has 0 saturated carbocycles. The first-order valence-corrected chi connectivity index (χ1v) is 8.40. The number of phenols is 1. The number of hydrogen-bond donors (Lipinski definition) is 2. The van der Waals surface area contributed by atoms with Gasteiger partial charge in [0.25, 0.3) is 0 Å². The van der Waals surface area contributed by atoms with Gasteiger partial charge in [-0.2, -0.15) is 0 Å². The molecule has 1 aliphatic rings. The number of rotatable bonds is 4. The van der Waals surface area contributed by atoms with Crippen LogP contribution in [0.15, 0.2) is 30.6 Å². The van der Waals surface area contributed by atoms with Gasteiger partial charge in [-0.25, -0.2) is 9.97 Å². The average Bonchev–Trinajstić information content (AvgIpc) is 3.05. The summed E-state index contributed by atoms with van der Waals surface area (Å²) in [6, 6.07) is 6.55. The molecule has 0 spiro atoms. The number of hydrogen-bond acceptors (Lipinski definition) is 7. The molecule has 3 aromatic rings. The van der Waals surface area contributed by atoms with Crippen molar-refractivity contribution in [3.63, 3.8) is 0 Å². The van der Waals surface area contributed by atoms with Crippen LogP contribution in [0.3, 0.4) is 0 Å². The summed E-state index contributed by atoms with van der Waals surface area (Å²) in [5.41, 5.74) is 1.09. The van der Waals surface area contributed by atoms with Gasteiger partial charge < -0.3 is 24.6 Å². The van der Waals surface area contributed by atoms with Crippen LogP contribution in [-0.2, 0) is 0 Å². The summed E-state index contributed by atoms with van der Waals surface area (Å²) in [5, 5.41) is 14.3. The van der Waals surface area contributed by atoms with Crippen LogP contribution in [0.2, 0.25) is 5.02 Å². The van der Waals surface area contributed by atoms with Crippen molar-refractivity contribution in [2.24, 2.45) is 0 Å². The Morgan fingerprint density at radius 1 is 1.23 bits per heavy atom. The Labute approximate surface area is 154 Å². The molecule has 2 aromatic carbocycles. The van der Waals surface area contributed by atoms with Crippen LogP contribution in [0.5, 0.6) is 23.0 Å². The van der Waals surface area contributed by atoms with E-state index in [9.17, 15) is 5.11 Å². The normalized spacial score (nSPS) is 12.6. The zero-order chi connectivity index (χ0) is 18.3. The van der Waals surface area contributed by atoms with Crippen molar-refractivity contribution < 1.29 is 19.3 Å². The number of ether oxygens (including phenoxy) is 3. The van der Waals surface area contributed by atoms with Crippen molar-refractivity contribution in [2.45, 2.75) is 20.0 Å². The Morgan fingerprint density at radius 2 is 2.08 bits per heavy atom. The molecule has 0 amide bonds. The van der Waals surface area contributed by atoms with E-state index in [0.29, 0.717) is 44.7 Å². The number of nitrogens with one attached hydrogen (secondary N) is 1. The molecule has 4 rings (SSSR count). The van der Waals surface area contributed by atoms with Crippen molar-refractivity contribution in [2.75, 3.05) is 12.1 Å². The van der Waals surface area contributed by atoms with Crippen molar-refractivity contribution in [1.82, 2.24) is 9.97 Å². The van der Waals surface area contributed by atoms with E-state index in [2.05, 4.69) is 15.3 Å². The minimum atomic E-state index is -0.0886. The van der Waals surface area contributed by atoms with Gasteiger partial charge in [0.15, 0.2) is 11.5 Å². The number of phenolic OH excluding ortho intramolecular Hbond substituents is 1. The molecule has 0 radical (unpaired) electrons. The van der Waals surface area contributed by atoms with Gasteiger partial charge in [0.1, 0.15) is 29.3 Å². The molecule has 0 atom stereocenters. The second kappa shape index (κ2) is 6.42. The quantitative estimate of drug-likeness (QED) is 0.707. The lowest BCUT2D eigenvalue weighted by Gasteiger charge is -2.16. The first-order valence-electron chi connectivity index (χ1n) is 8.02. The summed E-state index contributed by atoms with van der Waals surface area (Å²) in [5.74, 6) is 2.14. The zero-order valence-corrected chi connectivity index (χ0v) is 14.9. The maximum absolute atomic E-state index is 9.96. The molecular weight excluding hydrogens is 358 g/mol. The fraction of sp³-hybridized carbons (Fsp3) is 0.222. The van der Waals surface area contributed by atoms with Crippen molar-refractivity contribution >= 4 is 34.0 Å². The molecule has 134 valence electrons. The van der Waals surface area contributed by atoms with Gasteiger partial charge in [0.2, 0.25) is 6.79 Å². The summed E-state index contributed by atoms with van der Waals surface area (Å²) in [4.78, 5) is 8.55. The van der Waals surface area contributed by atoms with Crippen LogP contribution in [0.1, 0.15) is 13.8 Å². The molecule has 1 aliphatic heterocycles. The van der Waals surface area contributed by atoms with Gasteiger partial charge in [-0.3, -0.25) is 0 Å². The highest BCUT2D eigenvalue weighted by Gasteiger charge is 2.22. The Bertz CT molecular complexity index is 994. The third-order valence-corrected chi connectivity index (χ3v) is 4.10. The van der Waals surface area contributed by atoms with E-state index in [4.69, 9.17) is 25.8 Å². The van der Waals surface area contributed by atoms with Crippen LogP contribution in [-0.4, -0.2) is 28.0 Å². The number of benzene rings is 2. The van der Waals surface area contributed by atoms with E-state index >= 15 is 0 Å². The predicted octanol–water partition coefficient (Wildman–Crippen LogP) is 4.25. The maximum atomic E-state index is 9.96. The smallest absolute Gasteiger partial charge is 0.231 e. The Hall–Kier alpha value is -2.93. The Morgan fingerprint density at radius 3 is 2.88 bits per heavy atom. The maximum Gasteiger partial charge on any atom is 0.231 e. The van der Waals surface area contributed by atoms with Gasteiger partial charge >= 0.3 is 0 Å². The average molecular weight is 374 g/mol. The van der Waals surface area contributed by atoms with E-state index < -0.39 is 0 Å². The van der Waals surface area contributed by atoms with E-state index in [-0.39, 0.29) is 18.6 Å². The number of aromatic nitrogens is 2. The molecular formula is C18H16ClN3O4. The van der Waals surface area contributed by atoms with Gasteiger partial charge in [0.05, 0.1) is 22.0 Å². The van der Waals surface area contributed by atoms with Crippen LogP contribution in [0.4, 0.5) is 11.5 Å². The topological polar surface area (TPSA) is 85.7 Å². The molecule has 26 heavy (non-hydrogen) atoms. The second-order valence-electron chi connectivity index (χ2n) is 6.01. The van der Waals surface area contributed by atoms with Crippen LogP contribution in [0, 0.1) is 0 Å². The van der Waals surface area contributed by atoms with Crippen molar-refractivity contribution in [3.05, 3.63) is 35.6 Å². The van der Waals surface area contributed by atoms with Gasteiger partial charge in [-0.05, 0) is 26.0 Å². The lowest BCUT2D eigenvalue weighted by atomic mass is 10.2. The molecule has 2 N–H and O–H groups in total. The highest BCUT2D eigenvalue weighted by Crippen LogP contribution is 2.45. The molecule has 1 aromatic heterocycles. The molecule has 0 bridgehead atoms. The standard InChI is InChI=1S/C18H16ClN3O4/c1-9(2)26-14-6-10(23)5-12-15(14)18(21-7-20-12)22-16-11(19)3-4-13-17(16)25-8-24-13/h3-7,9,23H,8H2,1-2H3,(H,20,21,22). The molecule has 0 aliphatic carbocycles. The molecule has 0 fully saturated rings. The lowest BCUT2D eigenvalue weighted by Crippen LogP contribution is -2.07. The summed E-state index contributed by atoms with van der Waals surface area (Å²) >= 11 is 6.35.